The van der Waals surface area contributed by atoms with Crippen LogP contribution >= 0.6 is 11.6 Å². The average Bonchev–Trinajstić information content (AvgIpc) is 3.05. The van der Waals surface area contributed by atoms with Gasteiger partial charge in [0.1, 0.15) is 11.9 Å². The lowest BCUT2D eigenvalue weighted by Gasteiger charge is -2.15. The third kappa shape index (κ3) is 3.41. The molecule has 1 aromatic rings. The summed E-state index contributed by atoms with van der Waals surface area (Å²) in [4.78, 5) is 0. The van der Waals surface area contributed by atoms with Gasteiger partial charge in [-0.3, -0.25) is 0 Å². The lowest BCUT2D eigenvalue weighted by Crippen LogP contribution is -2.23. The van der Waals surface area contributed by atoms with Crippen LogP contribution in [0.25, 0.3) is 0 Å². The van der Waals surface area contributed by atoms with E-state index in [1.165, 1.54) is 18.4 Å². The minimum absolute atomic E-state index is 0.153. The molecule has 2 fully saturated rings. The van der Waals surface area contributed by atoms with Crippen molar-refractivity contribution in [2.24, 2.45) is 0 Å². The van der Waals surface area contributed by atoms with E-state index in [9.17, 15) is 0 Å². The minimum atomic E-state index is 0.153. The second-order valence-electron chi connectivity index (χ2n) is 5.37. The molecule has 0 amide bonds. The first kappa shape index (κ1) is 13.2. The maximum absolute atomic E-state index is 6.31. The number of rotatable bonds is 4. The molecule has 2 heterocycles. The highest BCUT2D eigenvalue weighted by molar-refractivity contribution is 6.32. The van der Waals surface area contributed by atoms with Gasteiger partial charge >= 0.3 is 0 Å². The van der Waals surface area contributed by atoms with Crippen LogP contribution < -0.4 is 10.1 Å². The zero-order valence-corrected chi connectivity index (χ0v) is 11.8. The summed E-state index contributed by atoms with van der Waals surface area (Å²) in [5.74, 6) is 0.778. The van der Waals surface area contributed by atoms with Crippen molar-refractivity contribution < 1.29 is 9.47 Å². The highest BCUT2D eigenvalue weighted by Gasteiger charge is 2.19. The molecule has 0 bridgehead atoms. The Labute approximate surface area is 119 Å². The summed E-state index contributed by atoms with van der Waals surface area (Å²) in [5.41, 5.74) is 1.28. The molecule has 0 saturated carbocycles. The monoisotopic (exact) mass is 281 g/mol. The maximum Gasteiger partial charge on any atom is 0.138 e. The van der Waals surface area contributed by atoms with Crippen LogP contribution in [0.1, 0.15) is 24.8 Å². The highest BCUT2D eigenvalue weighted by atomic mass is 35.5. The van der Waals surface area contributed by atoms with E-state index in [1.54, 1.807) is 0 Å². The molecule has 1 aromatic carbocycles. The zero-order valence-electron chi connectivity index (χ0n) is 11.0. The molecule has 19 heavy (non-hydrogen) atoms. The number of ether oxygens (including phenoxy) is 2. The predicted molar refractivity (Wildman–Crippen MR) is 76.0 cm³/mol. The minimum Gasteiger partial charge on any atom is -0.486 e. The van der Waals surface area contributed by atoms with Crippen molar-refractivity contribution in [2.75, 3.05) is 19.8 Å². The average molecular weight is 282 g/mol. The smallest absolute Gasteiger partial charge is 0.138 e. The lowest BCUT2D eigenvalue weighted by atomic mass is 10.0. The SMILES string of the molecule is Clc1cc(CC2CCCN2)ccc1OC1CCOC1. The first-order chi connectivity index (χ1) is 9.31. The topological polar surface area (TPSA) is 30.5 Å². The number of hydrogen-bond acceptors (Lipinski definition) is 3. The standard InChI is InChI=1S/C15H20ClNO2/c16-14-9-11(8-12-2-1-6-17-12)3-4-15(14)19-13-5-7-18-10-13/h3-4,9,12-13,17H,1-2,5-8,10H2. The third-order valence-electron chi connectivity index (χ3n) is 3.82. The molecule has 0 aliphatic carbocycles. The van der Waals surface area contributed by atoms with Gasteiger partial charge < -0.3 is 14.8 Å². The van der Waals surface area contributed by atoms with Gasteiger partial charge in [0.25, 0.3) is 0 Å². The summed E-state index contributed by atoms with van der Waals surface area (Å²) >= 11 is 6.31. The molecule has 2 aliphatic rings. The van der Waals surface area contributed by atoms with Gasteiger partial charge in [0.2, 0.25) is 0 Å². The Morgan fingerprint density at radius 2 is 2.32 bits per heavy atom. The van der Waals surface area contributed by atoms with E-state index >= 15 is 0 Å². The lowest BCUT2D eigenvalue weighted by molar-refractivity contribution is 0.141. The van der Waals surface area contributed by atoms with Gasteiger partial charge in [-0.2, -0.15) is 0 Å². The first-order valence-electron chi connectivity index (χ1n) is 7.07. The molecule has 0 aromatic heterocycles. The van der Waals surface area contributed by atoms with Crippen LogP contribution in [0.3, 0.4) is 0 Å². The number of hydrogen-bond donors (Lipinski definition) is 1. The third-order valence-corrected chi connectivity index (χ3v) is 4.12. The van der Waals surface area contributed by atoms with E-state index in [2.05, 4.69) is 11.4 Å². The van der Waals surface area contributed by atoms with E-state index in [0.29, 0.717) is 17.7 Å². The zero-order chi connectivity index (χ0) is 13.1. The van der Waals surface area contributed by atoms with Crippen molar-refractivity contribution in [3.63, 3.8) is 0 Å². The molecule has 2 atom stereocenters. The largest absolute Gasteiger partial charge is 0.486 e. The Balaban J connectivity index is 1.63. The molecular formula is C15H20ClNO2. The summed E-state index contributed by atoms with van der Waals surface area (Å²) in [6, 6.07) is 6.75. The van der Waals surface area contributed by atoms with E-state index in [0.717, 1.165) is 31.7 Å². The van der Waals surface area contributed by atoms with Crippen molar-refractivity contribution in [1.29, 1.82) is 0 Å². The molecule has 2 unspecified atom stereocenters. The fraction of sp³-hybridized carbons (Fsp3) is 0.600. The fourth-order valence-corrected chi connectivity index (χ4v) is 3.02. The fourth-order valence-electron chi connectivity index (χ4n) is 2.77. The van der Waals surface area contributed by atoms with E-state index in [4.69, 9.17) is 21.1 Å². The molecule has 1 N–H and O–H groups in total. The van der Waals surface area contributed by atoms with Crippen LogP contribution in [-0.2, 0) is 11.2 Å². The van der Waals surface area contributed by atoms with Gasteiger partial charge in [-0.05, 0) is 43.5 Å². The number of nitrogens with one attached hydrogen (secondary N) is 1. The number of benzene rings is 1. The van der Waals surface area contributed by atoms with Crippen molar-refractivity contribution in [3.8, 4) is 5.75 Å². The van der Waals surface area contributed by atoms with Gasteiger partial charge in [-0.25, -0.2) is 0 Å². The molecule has 3 rings (SSSR count). The summed E-state index contributed by atoms with van der Waals surface area (Å²) in [6.45, 7) is 2.60. The molecule has 2 aliphatic heterocycles. The van der Waals surface area contributed by atoms with Gasteiger partial charge in [0.05, 0.1) is 18.2 Å². The molecular weight excluding hydrogens is 262 g/mol. The molecule has 0 radical (unpaired) electrons. The van der Waals surface area contributed by atoms with Crippen molar-refractivity contribution >= 4 is 11.6 Å². The molecule has 2 saturated heterocycles. The number of halogens is 1. The van der Waals surface area contributed by atoms with E-state index in [1.807, 2.05) is 12.1 Å². The van der Waals surface area contributed by atoms with Gasteiger partial charge in [0.15, 0.2) is 0 Å². The van der Waals surface area contributed by atoms with Crippen LogP contribution in [0.15, 0.2) is 18.2 Å². The highest BCUT2D eigenvalue weighted by Crippen LogP contribution is 2.28. The van der Waals surface area contributed by atoms with Crippen LogP contribution in [0.4, 0.5) is 0 Å². The Bertz CT molecular complexity index is 426. The second-order valence-corrected chi connectivity index (χ2v) is 5.77. The molecule has 104 valence electrons. The normalized spacial score (nSPS) is 26.8. The first-order valence-corrected chi connectivity index (χ1v) is 7.45. The van der Waals surface area contributed by atoms with Crippen LogP contribution in [-0.4, -0.2) is 31.9 Å². The molecule has 0 spiro atoms. The quantitative estimate of drug-likeness (QED) is 0.921. The Hall–Kier alpha value is -0.770. The van der Waals surface area contributed by atoms with Crippen LogP contribution in [0.2, 0.25) is 5.02 Å². The Kier molecular flexibility index (Phi) is 4.26. The summed E-state index contributed by atoms with van der Waals surface area (Å²) in [7, 11) is 0. The van der Waals surface area contributed by atoms with Crippen molar-refractivity contribution in [3.05, 3.63) is 28.8 Å². The van der Waals surface area contributed by atoms with Gasteiger partial charge in [-0.1, -0.05) is 17.7 Å². The van der Waals surface area contributed by atoms with Gasteiger partial charge in [-0.15, -0.1) is 0 Å². The van der Waals surface area contributed by atoms with Crippen LogP contribution in [0.5, 0.6) is 5.75 Å². The predicted octanol–water partition coefficient (Wildman–Crippen LogP) is 2.80. The van der Waals surface area contributed by atoms with Crippen LogP contribution in [0, 0.1) is 0 Å². The second kappa shape index (κ2) is 6.12. The van der Waals surface area contributed by atoms with Crippen molar-refractivity contribution in [2.45, 2.75) is 37.8 Å². The summed E-state index contributed by atoms with van der Waals surface area (Å²) < 4.78 is 11.2. The maximum atomic E-state index is 6.31. The van der Waals surface area contributed by atoms with Gasteiger partial charge in [0, 0.05) is 12.5 Å². The van der Waals surface area contributed by atoms with Crippen molar-refractivity contribution in [1.82, 2.24) is 5.32 Å². The summed E-state index contributed by atoms with van der Waals surface area (Å²) in [6.07, 6.45) is 4.69. The molecule has 4 heteroatoms. The van der Waals surface area contributed by atoms with E-state index in [-0.39, 0.29) is 6.10 Å². The Morgan fingerprint density at radius 1 is 1.37 bits per heavy atom. The molecule has 3 nitrogen and oxygen atoms in total. The van der Waals surface area contributed by atoms with E-state index < -0.39 is 0 Å². The summed E-state index contributed by atoms with van der Waals surface area (Å²) in [5, 5.41) is 4.22. The Morgan fingerprint density at radius 3 is 3.00 bits per heavy atom.